The topological polar surface area (TPSA) is 54.0 Å². The molecule has 4 nitrogen and oxygen atoms in total. The zero-order valence-corrected chi connectivity index (χ0v) is 13.7. The highest BCUT2D eigenvalue weighted by Crippen LogP contribution is 2.27. The van der Waals surface area contributed by atoms with E-state index in [9.17, 15) is 4.79 Å². The highest BCUT2D eigenvalue weighted by Gasteiger charge is 2.25. The van der Waals surface area contributed by atoms with Gasteiger partial charge in [-0.1, -0.05) is 32.4 Å². The van der Waals surface area contributed by atoms with Crippen molar-refractivity contribution in [1.82, 2.24) is 4.98 Å². The van der Waals surface area contributed by atoms with E-state index in [0.29, 0.717) is 5.92 Å². The molecule has 0 aliphatic heterocycles. The van der Waals surface area contributed by atoms with Crippen molar-refractivity contribution in [1.29, 1.82) is 0 Å². The Morgan fingerprint density at radius 1 is 1.09 bits per heavy atom. The molecule has 1 fully saturated rings. The van der Waals surface area contributed by atoms with Crippen LogP contribution in [0.5, 0.6) is 0 Å². The second-order valence-electron chi connectivity index (χ2n) is 6.45. The fourth-order valence-electron chi connectivity index (χ4n) is 2.56. The van der Waals surface area contributed by atoms with Gasteiger partial charge in [-0.2, -0.15) is 0 Å². The smallest absolute Gasteiger partial charge is 0.227 e. The molecule has 1 aromatic heterocycles. The van der Waals surface area contributed by atoms with Crippen LogP contribution in [0.4, 0.5) is 17.2 Å². The first-order valence-corrected chi connectivity index (χ1v) is 8.26. The van der Waals surface area contributed by atoms with Gasteiger partial charge in [0.05, 0.1) is 11.9 Å². The van der Waals surface area contributed by atoms with E-state index in [4.69, 9.17) is 0 Å². The lowest BCUT2D eigenvalue weighted by molar-refractivity contribution is -0.122. The van der Waals surface area contributed by atoms with Crippen molar-refractivity contribution >= 4 is 23.1 Å². The number of amides is 1. The molecule has 0 atom stereocenters. The molecule has 1 saturated carbocycles. The third kappa shape index (κ3) is 3.89. The van der Waals surface area contributed by atoms with Gasteiger partial charge in [-0.05, 0) is 48.6 Å². The summed E-state index contributed by atoms with van der Waals surface area (Å²) in [4.78, 5) is 16.3. The van der Waals surface area contributed by atoms with Crippen LogP contribution >= 0.6 is 0 Å². The van der Waals surface area contributed by atoms with Crippen LogP contribution in [0.15, 0.2) is 42.6 Å². The average Bonchev–Trinajstić information content (AvgIpc) is 2.48. The third-order valence-electron chi connectivity index (χ3n) is 4.36. The molecule has 3 rings (SSSR count). The maximum Gasteiger partial charge on any atom is 0.227 e. The summed E-state index contributed by atoms with van der Waals surface area (Å²) in [5, 5.41) is 6.20. The zero-order valence-electron chi connectivity index (χ0n) is 13.7. The van der Waals surface area contributed by atoms with Gasteiger partial charge in [-0.25, -0.2) is 4.98 Å². The maximum atomic E-state index is 11.9. The number of hydrogen-bond acceptors (Lipinski definition) is 3. The minimum absolute atomic E-state index is 0.114. The van der Waals surface area contributed by atoms with Crippen molar-refractivity contribution < 1.29 is 4.79 Å². The Morgan fingerprint density at radius 3 is 2.30 bits per heavy atom. The van der Waals surface area contributed by atoms with Crippen LogP contribution in [0, 0.1) is 5.92 Å². The van der Waals surface area contributed by atoms with E-state index in [1.165, 1.54) is 5.56 Å². The van der Waals surface area contributed by atoms with Crippen LogP contribution in [-0.4, -0.2) is 10.9 Å². The monoisotopic (exact) mass is 309 g/mol. The molecule has 2 N–H and O–H groups in total. The zero-order chi connectivity index (χ0) is 16.2. The maximum absolute atomic E-state index is 11.9. The van der Waals surface area contributed by atoms with Crippen LogP contribution in [0.2, 0.25) is 0 Å². The van der Waals surface area contributed by atoms with Gasteiger partial charge in [0.2, 0.25) is 5.91 Å². The summed E-state index contributed by atoms with van der Waals surface area (Å²) in [5.41, 5.74) is 3.08. The van der Waals surface area contributed by atoms with E-state index in [0.717, 1.165) is 36.5 Å². The van der Waals surface area contributed by atoms with Gasteiger partial charge in [0.25, 0.3) is 0 Å². The average molecular weight is 309 g/mol. The van der Waals surface area contributed by atoms with Crippen LogP contribution in [0.1, 0.15) is 44.6 Å². The van der Waals surface area contributed by atoms with E-state index in [1.54, 1.807) is 6.20 Å². The van der Waals surface area contributed by atoms with Crippen molar-refractivity contribution in [3.8, 4) is 0 Å². The fraction of sp³-hybridized carbons (Fsp3) is 0.368. The highest BCUT2D eigenvalue weighted by atomic mass is 16.1. The SMILES string of the molecule is CC(C)c1ccc(Nc2ccc(NC(=O)C3CCC3)cn2)cc1. The summed E-state index contributed by atoms with van der Waals surface area (Å²) >= 11 is 0. The number of nitrogens with zero attached hydrogens (tertiary/aromatic N) is 1. The Kier molecular flexibility index (Phi) is 4.60. The lowest BCUT2D eigenvalue weighted by atomic mass is 9.85. The predicted molar refractivity (Wildman–Crippen MR) is 94.0 cm³/mol. The van der Waals surface area contributed by atoms with Gasteiger partial charge < -0.3 is 10.6 Å². The molecule has 0 unspecified atom stereocenters. The van der Waals surface area contributed by atoms with Crippen LogP contribution in [0.25, 0.3) is 0 Å². The van der Waals surface area contributed by atoms with E-state index < -0.39 is 0 Å². The largest absolute Gasteiger partial charge is 0.340 e. The van der Waals surface area contributed by atoms with Crippen molar-refractivity contribution in [3.05, 3.63) is 48.2 Å². The molecule has 0 radical (unpaired) electrons. The van der Waals surface area contributed by atoms with Crippen molar-refractivity contribution in [2.45, 2.75) is 39.0 Å². The van der Waals surface area contributed by atoms with Gasteiger partial charge >= 0.3 is 0 Å². The number of carbonyl (C=O) groups is 1. The molecule has 0 saturated heterocycles. The summed E-state index contributed by atoms with van der Waals surface area (Å²) < 4.78 is 0. The minimum Gasteiger partial charge on any atom is -0.340 e. The number of pyridine rings is 1. The minimum atomic E-state index is 0.114. The standard InChI is InChI=1S/C19H23N3O/c1-13(2)14-6-8-16(9-7-14)21-18-11-10-17(12-20-18)22-19(23)15-4-3-5-15/h6-13,15H,3-5H2,1-2H3,(H,20,21)(H,22,23). The summed E-state index contributed by atoms with van der Waals surface area (Å²) in [7, 11) is 0. The van der Waals surface area contributed by atoms with Crippen LogP contribution in [-0.2, 0) is 4.79 Å². The summed E-state index contributed by atoms with van der Waals surface area (Å²) in [5.74, 6) is 1.60. The first kappa shape index (κ1) is 15.5. The molecule has 1 heterocycles. The number of benzene rings is 1. The van der Waals surface area contributed by atoms with Gasteiger partial charge in [0.1, 0.15) is 5.82 Å². The van der Waals surface area contributed by atoms with Gasteiger partial charge in [-0.15, -0.1) is 0 Å². The Balaban J connectivity index is 1.59. The molecule has 23 heavy (non-hydrogen) atoms. The number of carbonyl (C=O) groups excluding carboxylic acids is 1. The fourth-order valence-corrected chi connectivity index (χ4v) is 2.56. The predicted octanol–water partition coefficient (Wildman–Crippen LogP) is 4.69. The Morgan fingerprint density at radius 2 is 1.78 bits per heavy atom. The molecular formula is C19H23N3O. The lowest BCUT2D eigenvalue weighted by Crippen LogP contribution is -2.28. The first-order valence-electron chi connectivity index (χ1n) is 8.26. The number of hydrogen-bond donors (Lipinski definition) is 2. The molecule has 1 aliphatic carbocycles. The summed E-state index contributed by atoms with van der Waals surface area (Å²) in [6, 6.07) is 12.1. The molecule has 4 heteroatoms. The van der Waals surface area contributed by atoms with Crippen LogP contribution < -0.4 is 10.6 Å². The molecule has 1 aliphatic rings. The molecular weight excluding hydrogens is 286 g/mol. The number of anilines is 3. The van der Waals surface area contributed by atoms with Gasteiger partial charge in [-0.3, -0.25) is 4.79 Å². The first-order chi connectivity index (χ1) is 11.1. The van der Waals surface area contributed by atoms with E-state index in [-0.39, 0.29) is 11.8 Å². The third-order valence-corrected chi connectivity index (χ3v) is 4.36. The van der Waals surface area contributed by atoms with E-state index in [2.05, 4.69) is 53.7 Å². The van der Waals surface area contributed by atoms with E-state index in [1.807, 2.05) is 12.1 Å². The van der Waals surface area contributed by atoms with Crippen molar-refractivity contribution in [2.75, 3.05) is 10.6 Å². The van der Waals surface area contributed by atoms with Crippen molar-refractivity contribution in [2.24, 2.45) is 5.92 Å². The molecule has 0 spiro atoms. The Labute approximate surface area is 137 Å². The summed E-state index contributed by atoms with van der Waals surface area (Å²) in [6.07, 6.45) is 4.87. The van der Waals surface area contributed by atoms with Crippen LogP contribution in [0.3, 0.4) is 0 Å². The number of aromatic nitrogens is 1. The molecule has 2 aromatic rings. The summed E-state index contributed by atoms with van der Waals surface area (Å²) in [6.45, 7) is 4.36. The molecule has 1 aromatic carbocycles. The second kappa shape index (κ2) is 6.82. The molecule has 120 valence electrons. The Bertz CT molecular complexity index is 658. The van der Waals surface area contributed by atoms with Crippen molar-refractivity contribution in [3.63, 3.8) is 0 Å². The molecule has 1 amide bonds. The molecule has 0 bridgehead atoms. The quantitative estimate of drug-likeness (QED) is 0.842. The Hall–Kier alpha value is -2.36. The number of nitrogens with one attached hydrogen (secondary N) is 2. The van der Waals surface area contributed by atoms with Gasteiger partial charge in [0.15, 0.2) is 0 Å². The number of rotatable bonds is 5. The van der Waals surface area contributed by atoms with E-state index >= 15 is 0 Å². The lowest BCUT2D eigenvalue weighted by Gasteiger charge is -2.23. The highest BCUT2D eigenvalue weighted by molar-refractivity contribution is 5.92. The second-order valence-corrected chi connectivity index (χ2v) is 6.45. The normalized spacial score (nSPS) is 14.4. The van der Waals surface area contributed by atoms with Gasteiger partial charge in [0, 0.05) is 11.6 Å².